The van der Waals surface area contributed by atoms with E-state index in [0.29, 0.717) is 18.4 Å². The van der Waals surface area contributed by atoms with Gasteiger partial charge in [0.05, 0.1) is 5.56 Å². The molecule has 0 spiro atoms. The van der Waals surface area contributed by atoms with E-state index in [0.717, 1.165) is 27.8 Å². The summed E-state index contributed by atoms with van der Waals surface area (Å²) in [6.07, 6.45) is 1.19. The van der Waals surface area contributed by atoms with Crippen molar-refractivity contribution in [2.24, 2.45) is 5.92 Å². The second-order valence-corrected chi connectivity index (χ2v) is 5.98. The fourth-order valence-electron chi connectivity index (χ4n) is 3.36. The zero-order valence-electron chi connectivity index (χ0n) is 12.7. The Morgan fingerprint density at radius 1 is 1.14 bits per heavy atom. The molecule has 0 bridgehead atoms. The Morgan fingerprint density at radius 3 is 2.50 bits per heavy atom. The number of fused-ring (bicyclic) bond motifs is 1. The largest absolute Gasteiger partial charge is 0.478 e. The van der Waals surface area contributed by atoms with Crippen LogP contribution in [0.1, 0.15) is 43.0 Å². The van der Waals surface area contributed by atoms with Gasteiger partial charge in [-0.1, -0.05) is 30.3 Å². The second-order valence-electron chi connectivity index (χ2n) is 5.98. The van der Waals surface area contributed by atoms with Gasteiger partial charge in [0, 0.05) is 11.5 Å². The fraction of sp³-hybridized carbons (Fsp3) is 0.263. The molecule has 3 heteroatoms. The quantitative estimate of drug-likeness (QED) is 0.941. The molecule has 1 aliphatic rings. The third kappa shape index (κ3) is 2.33. The number of hydrogen-bond donors (Lipinski definition) is 1. The van der Waals surface area contributed by atoms with E-state index in [9.17, 15) is 14.7 Å². The highest BCUT2D eigenvalue weighted by molar-refractivity contribution is 6.04. The van der Waals surface area contributed by atoms with E-state index in [2.05, 4.69) is 6.07 Å². The zero-order valence-corrected chi connectivity index (χ0v) is 12.7. The predicted octanol–water partition coefficient (Wildman–Crippen LogP) is 3.60. The van der Waals surface area contributed by atoms with Crippen LogP contribution in [0, 0.1) is 19.8 Å². The van der Waals surface area contributed by atoms with Crippen molar-refractivity contribution in [2.45, 2.75) is 26.7 Å². The van der Waals surface area contributed by atoms with Gasteiger partial charge in [-0.2, -0.15) is 0 Å². The molecule has 0 aliphatic heterocycles. The molecule has 0 amide bonds. The standard InChI is InChI=1S/C19H18O3/c1-11-7-8-12(2)17-16(11)10-14(18(17)20)9-13-5-3-4-6-15(13)19(21)22/h3-8,14H,9-10H2,1-2H3,(H,21,22)/t14-/m1/s1. The summed E-state index contributed by atoms with van der Waals surface area (Å²) in [4.78, 5) is 24.0. The number of rotatable bonds is 3. The Kier molecular flexibility index (Phi) is 3.57. The molecule has 0 saturated carbocycles. The third-order valence-electron chi connectivity index (χ3n) is 4.54. The molecule has 1 atom stereocenters. The van der Waals surface area contributed by atoms with Gasteiger partial charge in [0.15, 0.2) is 5.78 Å². The molecule has 0 fully saturated rings. The normalized spacial score (nSPS) is 16.6. The SMILES string of the molecule is Cc1ccc(C)c2c1C[C@@H](Cc1ccccc1C(=O)O)C2=O. The van der Waals surface area contributed by atoms with Crippen LogP contribution < -0.4 is 0 Å². The number of carbonyl (C=O) groups is 2. The van der Waals surface area contributed by atoms with Crippen molar-refractivity contribution >= 4 is 11.8 Å². The van der Waals surface area contributed by atoms with E-state index < -0.39 is 5.97 Å². The van der Waals surface area contributed by atoms with Crippen molar-refractivity contribution in [1.29, 1.82) is 0 Å². The molecule has 2 aromatic rings. The smallest absolute Gasteiger partial charge is 0.335 e. The van der Waals surface area contributed by atoms with E-state index in [1.807, 2.05) is 26.0 Å². The summed E-state index contributed by atoms with van der Waals surface area (Å²) in [5, 5.41) is 9.28. The van der Waals surface area contributed by atoms with Crippen LogP contribution in [0.25, 0.3) is 0 Å². The van der Waals surface area contributed by atoms with E-state index in [1.165, 1.54) is 0 Å². The number of carbonyl (C=O) groups excluding carboxylic acids is 1. The van der Waals surface area contributed by atoms with Crippen LogP contribution in [0.3, 0.4) is 0 Å². The van der Waals surface area contributed by atoms with Crippen LogP contribution in [0.5, 0.6) is 0 Å². The van der Waals surface area contributed by atoms with Gasteiger partial charge in [-0.3, -0.25) is 4.79 Å². The molecule has 3 nitrogen and oxygen atoms in total. The lowest BCUT2D eigenvalue weighted by Gasteiger charge is -2.10. The average Bonchev–Trinajstić information content (AvgIpc) is 2.82. The lowest BCUT2D eigenvalue weighted by molar-refractivity contribution is 0.0694. The van der Waals surface area contributed by atoms with Gasteiger partial charge in [0.2, 0.25) is 0 Å². The van der Waals surface area contributed by atoms with Gasteiger partial charge in [0.25, 0.3) is 0 Å². The first kappa shape index (κ1) is 14.5. The third-order valence-corrected chi connectivity index (χ3v) is 4.54. The summed E-state index contributed by atoms with van der Waals surface area (Å²) in [7, 11) is 0. The van der Waals surface area contributed by atoms with Crippen LogP contribution in [-0.2, 0) is 12.8 Å². The maximum Gasteiger partial charge on any atom is 0.335 e. The highest BCUT2D eigenvalue weighted by Crippen LogP contribution is 2.34. The Balaban J connectivity index is 1.94. The fourth-order valence-corrected chi connectivity index (χ4v) is 3.36. The summed E-state index contributed by atoms with van der Waals surface area (Å²) in [6.45, 7) is 3.99. The van der Waals surface area contributed by atoms with Crippen LogP contribution in [0.4, 0.5) is 0 Å². The second kappa shape index (κ2) is 5.41. The minimum absolute atomic E-state index is 0.149. The molecular weight excluding hydrogens is 276 g/mol. The van der Waals surface area contributed by atoms with Crippen molar-refractivity contribution in [1.82, 2.24) is 0 Å². The highest BCUT2D eigenvalue weighted by atomic mass is 16.4. The van der Waals surface area contributed by atoms with Crippen LogP contribution in [0.15, 0.2) is 36.4 Å². The summed E-state index contributed by atoms with van der Waals surface area (Å²) < 4.78 is 0. The monoisotopic (exact) mass is 294 g/mol. The zero-order chi connectivity index (χ0) is 15.9. The number of carboxylic acid groups (broad SMARTS) is 1. The Morgan fingerprint density at radius 2 is 1.82 bits per heavy atom. The first-order chi connectivity index (χ1) is 10.5. The van der Waals surface area contributed by atoms with Gasteiger partial charge >= 0.3 is 5.97 Å². The number of benzene rings is 2. The van der Waals surface area contributed by atoms with Gasteiger partial charge in [-0.25, -0.2) is 4.79 Å². The topological polar surface area (TPSA) is 54.4 Å². The molecule has 112 valence electrons. The molecular formula is C19H18O3. The summed E-state index contributed by atoms with van der Waals surface area (Å²) in [5.74, 6) is -0.947. The Bertz CT molecular complexity index is 774. The molecule has 1 N–H and O–H groups in total. The van der Waals surface area contributed by atoms with Gasteiger partial charge < -0.3 is 5.11 Å². The van der Waals surface area contributed by atoms with Crippen molar-refractivity contribution in [3.63, 3.8) is 0 Å². The van der Waals surface area contributed by atoms with Crippen molar-refractivity contribution in [3.8, 4) is 0 Å². The first-order valence-electron chi connectivity index (χ1n) is 7.43. The minimum atomic E-state index is -0.939. The summed E-state index contributed by atoms with van der Waals surface area (Å²) >= 11 is 0. The predicted molar refractivity (Wildman–Crippen MR) is 84.5 cm³/mol. The molecule has 22 heavy (non-hydrogen) atoms. The van der Waals surface area contributed by atoms with Crippen molar-refractivity contribution in [3.05, 3.63) is 69.8 Å². The van der Waals surface area contributed by atoms with E-state index in [-0.39, 0.29) is 11.7 Å². The van der Waals surface area contributed by atoms with E-state index in [4.69, 9.17) is 0 Å². The van der Waals surface area contributed by atoms with Crippen molar-refractivity contribution < 1.29 is 14.7 Å². The molecule has 2 aromatic carbocycles. The lowest BCUT2D eigenvalue weighted by atomic mass is 9.92. The number of ketones is 1. The lowest BCUT2D eigenvalue weighted by Crippen LogP contribution is -2.15. The first-order valence-corrected chi connectivity index (χ1v) is 7.43. The minimum Gasteiger partial charge on any atom is -0.478 e. The van der Waals surface area contributed by atoms with Gasteiger partial charge in [-0.05, 0) is 55.0 Å². The molecule has 0 saturated heterocycles. The van der Waals surface area contributed by atoms with Crippen molar-refractivity contribution in [2.75, 3.05) is 0 Å². The maximum absolute atomic E-state index is 12.7. The molecule has 0 radical (unpaired) electrons. The molecule has 3 rings (SSSR count). The molecule has 0 unspecified atom stereocenters. The maximum atomic E-state index is 12.7. The number of aromatic carboxylic acids is 1. The van der Waals surface area contributed by atoms with Crippen LogP contribution in [-0.4, -0.2) is 16.9 Å². The highest BCUT2D eigenvalue weighted by Gasteiger charge is 2.33. The number of hydrogen-bond acceptors (Lipinski definition) is 2. The number of carboxylic acids is 1. The molecule has 0 aromatic heterocycles. The summed E-state index contributed by atoms with van der Waals surface area (Å²) in [6, 6.07) is 11.0. The number of Topliss-reactive ketones (excluding diaryl/α,β-unsaturated/α-hetero) is 1. The summed E-state index contributed by atoms with van der Waals surface area (Å²) in [5.41, 5.74) is 5.15. The Hall–Kier alpha value is -2.42. The number of aryl methyl sites for hydroxylation is 2. The van der Waals surface area contributed by atoms with E-state index in [1.54, 1.807) is 18.2 Å². The molecule has 1 aliphatic carbocycles. The average molecular weight is 294 g/mol. The Labute approximate surface area is 129 Å². The van der Waals surface area contributed by atoms with Gasteiger partial charge in [-0.15, -0.1) is 0 Å². The van der Waals surface area contributed by atoms with E-state index >= 15 is 0 Å². The van der Waals surface area contributed by atoms with Crippen LogP contribution in [0.2, 0.25) is 0 Å². The molecule has 0 heterocycles. The van der Waals surface area contributed by atoms with Crippen LogP contribution >= 0.6 is 0 Å². The van der Waals surface area contributed by atoms with Gasteiger partial charge in [0.1, 0.15) is 0 Å².